The highest BCUT2D eigenvalue weighted by molar-refractivity contribution is 6.03. The van der Waals surface area contributed by atoms with Gasteiger partial charge in [-0.1, -0.05) is 35.9 Å². The highest BCUT2D eigenvalue weighted by Crippen LogP contribution is 2.38. The number of hydrogen-bond acceptors (Lipinski definition) is 5. The predicted molar refractivity (Wildman–Crippen MR) is 121 cm³/mol. The van der Waals surface area contributed by atoms with Gasteiger partial charge in [0.25, 0.3) is 0 Å². The van der Waals surface area contributed by atoms with Gasteiger partial charge in [0, 0.05) is 17.7 Å². The molecular weight excluding hydrogens is 406 g/mol. The molecule has 1 unspecified atom stereocenters. The molecule has 1 aliphatic rings. The van der Waals surface area contributed by atoms with Crippen LogP contribution < -0.4 is 9.47 Å². The molecule has 6 nitrogen and oxygen atoms in total. The molecule has 32 heavy (non-hydrogen) atoms. The number of fused-ring (bicyclic) bond motifs is 1. The van der Waals surface area contributed by atoms with E-state index in [-0.39, 0.29) is 18.3 Å². The molecule has 1 aliphatic carbocycles. The van der Waals surface area contributed by atoms with Gasteiger partial charge in [0.1, 0.15) is 12.3 Å². The molecule has 0 fully saturated rings. The number of nitrogens with one attached hydrogen (secondary N) is 1. The van der Waals surface area contributed by atoms with Crippen molar-refractivity contribution in [1.82, 2.24) is 4.98 Å². The minimum atomic E-state index is -0.451. The molecule has 0 bridgehead atoms. The fraction of sp³-hybridized carbons (Fsp3) is 0.308. The number of esters is 1. The molecule has 0 amide bonds. The van der Waals surface area contributed by atoms with Gasteiger partial charge in [-0.05, 0) is 55.0 Å². The van der Waals surface area contributed by atoms with Crippen molar-refractivity contribution in [3.05, 3.63) is 81.7 Å². The summed E-state index contributed by atoms with van der Waals surface area (Å²) in [6.45, 7) is 3.99. The summed E-state index contributed by atoms with van der Waals surface area (Å²) < 4.78 is 16.2. The smallest absolute Gasteiger partial charge is 0.355 e. The van der Waals surface area contributed by atoms with E-state index in [4.69, 9.17) is 14.2 Å². The van der Waals surface area contributed by atoms with Gasteiger partial charge in [0.05, 0.1) is 14.2 Å². The number of ketones is 1. The van der Waals surface area contributed by atoms with E-state index in [1.165, 1.54) is 0 Å². The quantitative estimate of drug-likeness (QED) is 0.559. The van der Waals surface area contributed by atoms with E-state index >= 15 is 0 Å². The number of aromatic nitrogens is 1. The Kier molecular flexibility index (Phi) is 6.04. The third-order valence-electron chi connectivity index (χ3n) is 6.06. The van der Waals surface area contributed by atoms with Gasteiger partial charge >= 0.3 is 5.97 Å². The van der Waals surface area contributed by atoms with Gasteiger partial charge in [-0.3, -0.25) is 4.79 Å². The van der Waals surface area contributed by atoms with Crippen LogP contribution in [0.5, 0.6) is 11.5 Å². The van der Waals surface area contributed by atoms with Gasteiger partial charge in [0.2, 0.25) is 0 Å². The summed E-state index contributed by atoms with van der Waals surface area (Å²) in [5, 5.41) is 0. The zero-order valence-corrected chi connectivity index (χ0v) is 18.8. The molecule has 3 aromatic rings. The lowest BCUT2D eigenvalue weighted by Gasteiger charge is -2.23. The lowest BCUT2D eigenvalue weighted by atomic mass is 9.81. The zero-order valence-electron chi connectivity index (χ0n) is 18.8. The fourth-order valence-electron chi connectivity index (χ4n) is 4.29. The second-order valence-electron chi connectivity index (χ2n) is 8.18. The zero-order chi connectivity index (χ0) is 22.8. The molecule has 1 atom stereocenters. The predicted octanol–water partition coefficient (Wildman–Crippen LogP) is 4.92. The van der Waals surface area contributed by atoms with Gasteiger partial charge in [-0.25, -0.2) is 4.79 Å². The molecule has 4 rings (SSSR count). The van der Waals surface area contributed by atoms with Crippen LogP contribution >= 0.6 is 0 Å². The normalized spacial score (nSPS) is 15.2. The number of carbonyl (C=O) groups excluding carboxylic acids is 2. The maximum atomic E-state index is 13.0. The standard InChI is InChI=1S/C26H27NO5/c1-15-5-7-17(8-6-15)14-32-26(29)25-16(2)24-20(27-25)11-19(12-21(24)28)18-9-10-22(30-3)23(13-18)31-4/h5-10,13,19,27H,11-12,14H2,1-4H3. The van der Waals surface area contributed by atoms with E-state index in [1.807, 2.05) is 49.4 Å². The lowest BCUT2D eigenvalue weighted by Crippen LogP contribution is -2.18. The number of Topliss-reactive ketones (excluding diaryl/α,β-unsaturated/α-hetero) is 1. The summed E-state index contributed by atoms with van der Waals surface area (Å²) in [7, 11) is 3.18. The van der Waals surface area contributed by atoms with Crippen molar-refractivity contribution in [2.24, 2.45) is 0 Å². The number of rotatable bonds is 6. The minimum Gasteiger partial charge on any atom is -0.493 e. The molecular formula is C26H27NO5. The van der Waals surface area contributed by atoms with Crippen LogP contribution in [0.3, 0.4) is 0 Å². The number of aryl methyl sites for hydroxylation is 1. The Labute approximate surface area is 187 Å². The highest BCUT2D eigenvalue weighted by atomic mass is 16.5. The van der Waals surface area contributed by atoms with Gasteiger partial charge in [0.15, 0.2) is 17.3 Å². The van der Waals surface area contributed by atoms with Crippen molar-refractivity contribution in [2.45, 2.75) is 39.2 Å². The number of H-pyrrole nitrogens is 1. The van der Waals surface area contributed by atoms with Crippen molar-refractivity contribution < 1.29 is 23.8 Å². The Morgan fingerprint density at radius 2 is 1.72 bits per heavy atom. The van der Waals surface area contributed by atoms with E-state index in [1.54, 1.807) is 21.1 Å². The molecule has 0 saturated carbocycles. The molecule has 0 saturated heterocycles. The summed E-state index contributed by atoms with van der Waals surface area (Å²) in [5.41, 5.74) is 5.47. The van der Waals surface area contributed by atoms with E-state index in [9.17, 15) is 9.59 Å². The second kappa shape index (κ2) is 8.91. The molecule has 1 heterocycles. The summed E-state index contributed by atoms with van der Waals surface area (Å²) in [6.07, 6.45) is 1.00. The summed E-state index contributed by atoms with van der Waals surface area (Å²) in [5.74, 6) is 0.842. The van der Waals surface area contributed by atoms with Crippen LogP contribution in [-0.2, 0) is 17.8 Å². The van der Waals surface area contributed by atoms with E-state index < -0.39 is 5.97 Å². The number of benzene rings is 2. The first-order chi connectivity index (χ1) is 15.4. The van der Waals surface area contributed by atoms with Crippen LogP contribution in [-0.4, -0.2) is 31.0 Å². The molecule has 0 radical (unpaired) electrons. The van der Waals surface area contributed by atoms with E-state index in [2.05, 4.69) is 4.98 Å². The Bertz CT molecular complexity index is 1160. The van der Waals surface area contributed by atoms with Gasteiger partial charge in [-0.15, -0.1) is 0 Å². The SMILES string of the molecule is COc1ccc(C2CC(=O)c3c([nH]c(C(=O)OCc4ccc(C)cc4)c3C)C2)cc1OC. The monoisotopic (exact) mass is 433 g/mol. The van der Waals surface area contributed by atoms with Crippen LogP contribution in [0.2, 0.25) is 0 Å². The van der Waals surface area contributed by atoms with Crippen molar-refractivity contribution >= 4 is 11.8 Å². The fourth-order valence-corrected chi connectivity index (χ4v) is 4.29. The first-order valence-electron chi connectivity index (χ1n) is 10.6. The third-order valence-corrected chi connectivity index (χ3v) is 6.06. The van der Waals surface area contributed by atoms with Crippen LogP contribution in [0.25, 0.3) is 0 Å². The van der Waals surface area contributed by atoms with Crippen molar-refractivity contribution in [1.29, 1.82) is 0 Å². The number of carbonyl (C=O) groups is 2. The molecule has 1 aromatic heterocycles. The Morgan fingerprint density at radius 1 is 1.00 bits per heavy atom. The summed E-state index contributed by atoms with van der Waals surface area (Å²) >= 11 is 0. The lowest BCUT2D eigenvalue weighted by molar-refractivity contribution is 0.0465. The van der Waals surface area contributed by atoms with Gasteiger partial charge in [-0.2, -0.15) is 0 Å². The first kappa shape index (κ1) is 21.7. The molecule has 0 spiro atoms. The first-order valence-corrected chi connectivity index (χ1v) is 10.6. The number of ether oxygens (including phenoxy) is 3. The van der Waals surface area contributed by atoms with E-state index in [0.29, 0.717) is 41.2 Å². The summed E-state index contributed by atoms with van der Waals surface area (Å²) in [6, 6.07) is 13.6. The van der Waals surface area contributed by atoms with Crippen LogP contribution in [0, 0.1) is 13.8 Å². The number of methoxy groups -OCH3 is 2. The molecule has 2 aromatic carbocycles. The average molecular weight is 434 g/mol. The summed E-state index contributed by atoms with van der Waals surface area (Å²) in [4.78, 5) is 28.9. The van der Waals surface area contributed by atoms with Crippen molar-refractivity contribution in [2.75, 3.05) is 14.2 Å². The largest absolute Gasteiger partial charge is 0.493 e. The molecule has 1 N–H and O–H groups in total. The van der Waals surface area contributed by atoms with E-state index in [0.717, 1.165) is 22.4 Å². The maximum Gasteiger partial charge on any atom is 0.355 e. The van der Waals surface area contributed by atoms with Crippen molar-refractivity contribution in [3.63, 3.8) is 0 Å². The maximum absolute atomic E-state index is 13.0. The average Bonchev–Trinajstić information content (AvgIpc) is 3.14. The third kappa shape index (κ3) is 4.13. The van der Waals surface area contributed by atoms with Gasteiger partial charge < -0.3 is 19.2 Å². The highest BCUT2D eigenvalue weighted by Gasteiger charge is 2.32. The molecule has 166 valence electrons. The topological polar surface area (TPSA) is 77.6 Å². The van der Waals surface area contributed by atoms with Crippen LogP contribution in [0.1, 0.15) is 61.1 Å². The molecule has 6 heteroatoms. The van der Waals surface area contributed by atoms with Crippen LogP contribution in [0.15, 0.2) is 42.5 Å². The minimum absolute atomic E-state index is 0.00992. The number of aromatic amines is 1. The second-order valence-corrected chi connectivity index (χ2v) is 8.18. The Balaban J connectivity index is 1.54. The Morgan fingerprint density at radius 3 is 2.41 bits per heavy atom. The van der Waals surface area contributed by atoms with Crippen LogP contribution in [0.4, 0.5) is 0 Å². The molecule has 0 aliphatic heterocycles. The van der Waals surface area contributed by atoms with Crippen molar-refractivity contribution in [3.8, 4) is 11.5 Å². The number of hydrogen-bond donors (Lipinski definition) is 1. The Hall–Kier alpha value is -3.54.